The second-order valence-electron chi connectivity index (χ2n) is 6.24. The monoisotopic (exact) mass is 444 g/mol. The second kappa shape index (κ2) is 6.71. The smallest absolute Gasteiger partial charge is 0.328 e. The summed E-state index contributed by atoms with van der Waals surface area (Å²) < 4.78 is 6.54. The zero-order chi connectivity index (χ0) is 19.9. The molecule has 1 aromatic heterocycles. The first kappa shape index (κ1) is 18.1. The summed E-state index contributed by atoms with van der Waals surface area (Å²) in [4.78, 5) is 54.0. The first-order valence-electron chi connectivity index (χ1n) is 8.29. The number of halogens is 1. The fraction of sp³-hybridized carbons (Fsp3) is 0.167. The van der Waals surface area contributed by atoms with E-state index in [1.54, 1.807) is 12.1 Å². The quantitative estimate of drug-likeness (QED) is 0.697. The zero-order valence-electron chi connectivity index (χ0n) is 14.3. The Hall–Kier alpha value is -3.27. The number of carbonyl (C=O) groups excluding carboxylic acids is 4. The van der Waals surface area contributed by atoms with E-state index in [2.05, 4.69) is 31.5 Å². The van der Waals surface area contributed by atoms with Crippen LogP contribution in [0.1, 0.15) is 12.8 Å². The summed E-state index contributed by atoms with van der Waals surface area (Å²) in [5.41, 5.74) is -1.55. The number of pyridine rings is 1. The molecule has 2 N–H and O–H groups in total. The number of aromatic nitrogens is 1. The molecule has 0 aliphatic carbocycles. The number of nitrogens with one attached hydrogen (secondary N) is 2. The van der Waals surface area contributed by atoms with E-state index < -0.39 is 29.3 Å². The summed E-state index contributed by atoms with van der Waals surface area (Å²) in [7, 11) is 0. The van der Waals surface area contributed by atoms with E-state index in [1.807, 2.05) is 12.1 Å². The van der Waals surface area contributed by atoms with Crippen molar-refractivity contribution in [1.82, 2.24) is 15.6 Å². The van der Waals surface area contributed by atoms with Crippen molar-refractivity contribution in [3.63, 3.8) is 0 Å². The Balaban J connectivity index is 1.63. The molecule has 0 atom stereocenters. The fourth-order valence-corrected chi connectivity index (χ4v) is 3.52. The number of hydrogen-bond acceptors (Lipinski definition) is 6. The maximum atomic E-state index is 12.5. The van der Waals surface area contributed by atoms with Crippen LogP contribution in [0.2, 0.25) is 0 Å². The Labute approximate surface area is 167 Å². The van der Waals surface area contributed by atoms with Gasteiger partial charge in [0.2, 0.25) is 17.3 Å². The molecule has 28 heavy (non-hydrogen) atoms. The third-order valence-electron chi connectivity index (χ3n) is 4.55. The third-order valence-corrected chi connectivity index (χ3v) is 5.08. The van der Waals surface area contributed by atoms with Crippen molar-refractivity contribution in [2.75, 3.05) is 4.90 Å². The molecule has 2 aliphatic rings. The number of benzene rings is 1. The van der Waals surface area contributed by atoms with Crippen LogP contribution in [0.15, 0.2) is 47.1 Å². The molecule has 1 aromatic carbocycles. The number of urea groups is 1. The van der Waals surface area contributed by atoms with Gasteiger partial charge in [-0.25, -0.2) is 9.78 Å². The Morgan fingerprint density at radius 3 is 2.29 bits per heavy atom. The maximum Gasteiger partial charge on any atom is 0.328 e. The van der Waals surface area contributed by atoms with Gasteiger partial charge < -0.3 is 4.74 Å². The molecule has 2 saturated heterocycles. The molecule has 1 spiro atoms. The summed E-state index contributed by atoms with van der Waals surface area (Å²) in [6.45, 7) is 0. The highest BCUT2D eigenvalue weighted by Gasteiger charge is 2.60. The van der Waals surface area contributed by atoms with Crippen LogP contribution in [-0.2, 0) is 14.4 Å². The number of carbonyl (C=O) groups is 4. The first-order valence-corrected chi connectivity index (χ1v) is 9.09. The van der Waals surface area contributed by atoms with Crippen LogP contribution in [0.25, 0.3) is 0 Å². The number of hydrogen-bond donors (Lipinski definition) is 2. The Morgan fingerprint density at radius 1 is 1.00 bits per heavy atom. The minimum absolute atomic E-state index is 0.00776. The van der Waals surface area contributed by atoms with Gasteiger partial charge in [-0.2, -0.15) is 0 Å². The second-order valence-corrected chi connectivity index (χ2v) is 7.15. The normalized spacial score (nSPS) is 18.2. The molecule has 10 heteroatoms. The van der Waals surface area contributed by atoms with Gasteiger partial charge in [0.1, 0.15) is 5.75 Å². The predicted molar refractivity (Wildman–Crippen MR) is 99.6 cm³/mol. The summed E-state index contributed by atoms with van der Waals surface area (Å²) in [5, 5.41) is 4.12. The number of ether oxygens (including phenoxy) is 1. The number of barbiturate groups is 1. The van der Waals surface area contributed by atoms with Crippen molar-refractivity contribution in [3.8, 4) is 11.6 Å². The molecule has 0 saturated carbocycles. The van der Waals surface area contributed by atoms with Crippen molar-refractivity contribution < 1.29 is 23.9 Å². The molecule has 2 aliphatic heterocycles. The largest absolute Gasteiger partial charge is 0.439 e. The maximum absolute atomic E-state index is 12.5. The molecule has 0 bridgehead atoms. The standard InChI is InChI=1S/C18H13BrN4O5/c19-10-1-4-12(5-2-10)28-13-6-3-11(9-20-13)23-14(24)7-8-18(23)15(25)21-17(27)22-16(18)26/h1-6,9H,7-8H2,(H2,21,22,25,26,27). The number of rotatable bonds is 3. The van der Waals surface area contributed by atoms with E-state index in [-0.39, 0.29) is 24.4 Å². The molecule has 4 rings (SSSR count). The Kier molecular flexibility index (Phi) is 4.34. The Bertz CT molecular complexity index is 970. The van der Waals surface area contributed by atoms with Crippen molar-refractivity contribution in [2.45, 2.75) is 18.4 Å². The topological polar surface area (TPSA) is 118 Å². The van der Waals surface area contributed by atoms with Gasteiger partial charge in [0, 0.05) is 17.0 Å². The number of nitrogens with zero attached hydrogens (tertiary/aromatic N) is 2. The van der Waals surface area contributed by atoms with Crippen LogP contribution in [0.3, 0.4) is 0 Å². The van der Waals surface area contributed by atoms with Gasteiger partial charge in [-0.3, -0.25) is 29.9 Å². The molecule has 0 unspecified atom stereocenters. The van der Waals surface area contributed by atoms with Crippen LogP contribution < -0.4 is 20.3 Å². The van der Waals surface area contributed by atoms with Crippen molar-refractivity contribution in [1.29, 1.82) is 0 Å². The number of amides is 5. The minimum atomic E-state index is -1.80. The van der Waals surface area contributed by atoms with Gasteiger partial charge in [0.15, 0.2) is 0 Å². The average molecular weight is 445 g/mol. The van der Waals surface area contributed by atoms with Crippen molar-refractivity contribution in [2.24, 2.45) is 0 Å². The van der Waals surface area contributed by atoms with Crippen LogP contribution in [0.4, 0.5) is 10.5 Å². The predicted octanol–water partition coefficient (Wildman–Crippen LogP) is 1.87. The molecule has 3 heterocycles. The third kappa shape index (κ3) is 2.91. The number of imide groups is 2. The van der Waals surface area contributed by atoms with E-state index in [0.29, 0.717) is 5.75 Å². The molecule has 9 nitrogen and oxygen atoms in total. The zero-order valence-corrected chi connectivity index (χ0v) is 15.9. The van der Waals surface area contributed by atoms with Gasteiger partial charge in [0.25, 0.3) is 11.8 Å². The lowest BCUT2D eigenvalue weighted by atomic mass is 9.92. The highest BCUT2D eigenvalue weighted by atomic mass is 79.9. The molecule has 0 radical (unpaired) electrons. The van der Waals surface area contributed by atoms with Crippen molar-refractivity contribution in [3.05, 3.63) is 47.1 Å². The fourth-order valence-electron chi connectivity index (χ4n) is 3.25. The van der Waals surface area contributed by atoms with Gasteiger partial charge in [0.05, 0.1) is 11.9 Å². The van der Waals surface area contributed by atoms with Crippen LogP contribution in [0.5, 0.6) is 11.6 Å². The van der Waals surface area contributed by atoms with Crippen LogP contribution >= 0.6 is 15.9 Å². The average Bonchev–Trinajstić information content (AvgIpc) is 3.01. The van der Waals surface area contributed by atoms with E-state index in [1.165, 1.54) is 18.3 Å². The molecule has 142 valence electrons. The van der Waals surface area contributed by atoms with E-state index in [4.69, 9.17) is 4.74 Å². The van der Waals surface area contributed by atoms with Gasteiger partial charge in [-0.1, -0.05) is 15.9 Å². The Morgan fingerprint density at radius 2 is 1.68 bits per heavy atom. The lowest BCUT2D eigenvalue weighted by Gasteiger charge is -2.37. The summed E-state index contributed by atoms with van der Waals surface area (Å²) in [6, 6.07) is 9.30. The summed E-state index contributed by atoms with van der Waals surface area (Å²) in [6.07, 6.45) is 1.30. The summed E-state index contributed by atoms with van der Waals surface area (Å²) in [5.74, 6) is -1.23. The van der Waals surface area contributed by atoms with Gasteiger partial charge in [-0.15, -0.1) is 0 Å². The molecule has 2 aromatic rings. The summed E-state index contributed by atoms with van der Waals surface area (Å²) >= 11 is 3.34. The van der Waals surface area contributed by atoms with Crippen LogP contribution in [-0.4, -0.2) is 34.3 Å². The van der Waals surface area contributed by atoms with Gasteiger partial charge in [-0.05, 0) is 36.8 Å². The van der Waals surface area contributed by atoms with E-state index >= 15 is 0 Å². The lowest BCUT2D eigenvalue weighted by molar-refractivity contribution is -0.138. The molecular formula is C18H13BrN4O5. The van der Waals surface area contributed by atoms with E-state index in [0.717, 1.165) is 9.37 Å². The van der Waals surface area contributed by atoms with Gasteiger partial charge >= 0.3 is 6.03 Å². The first-order chi connectivity index (χ1) is 13.4. The lowest BCUT2D eigenvalue weighted by Crippen LogP contribution is -2.72. The minimum Gasteiger partial charge on any atom is -0.439 e. The SMILES string of the molecule is O=C1NC(=O)C2(CCC(=O)N2c2ccc(Oc3ccc(Br)cc3)nc2)C(=O)N1. The van der Waals surface area contributed by atoms with Crippen LogP contribution in [0, 0.1) is 0 Å². The number of anilines is 1. The highest BCUT2D eigenvalue weighted by Crippen LogP contribution is 2.37. The molecular weight excluding hydrogens is 432 g/mol. The van der Waals surface area contributed by atoms with E-state index in [9.17, 15) is 19.2 Å². The highest BCUT2D eigenvalue weighted by molar-refractivity contribution is 9.10. The molecule has 2 fully saturated rings. The van der Waals surface area contributed by atoms with Crippen molar-refractivity contribution >= 4 is 45.4 Å². The molecule has 5 amide bonds.